The first-order valence-corrected chi connectivity index (χ1v) is 8.40. The molecule has 1 N–H and O–H groups in total. The van der Waals surface area contributed by atoms with Crippen LogP contribution < -0.4 is 10.9 Å². The van der Waals surface area contributed by atoms with Crippen molar-refractivity contribution in [1.82, 2.24) is 20.1 Å². The number of aromatic nitrogens is 3. The minimum atomic E-state index is -0.185. The molecule has 0 aliphatic rings. The lowest BCUT2D eigenvalue weighted by Crippen LogP contribution is -2.32. The molecule has 0 spiro atoms. The van der Waals surface area contributed by atoms with Gasteiger partial charge in [-0.2, -0.15) is 5.10 Å². The number of rotatable bonds is 6. The summed E-state index contributed by atoms with van der Waals surface area (Å²) >= 11 is 1.23. The number of fused-ring (bicyclic) bond motifs is 1. The first-order chi connectivity index (χ1) is 11.6. The minimum Gasteiger partial charge on any atom is -0.431 e. The van der Waals surface area contributed by atoms with Crippen LogP contribution in [-0.2, 0) is 11.3 Å². The van der Waals surface area contributed by atoms with Gasteiger partial charge in [-0.25, -0.2) is 9.67 Å². The number of oxazole rings is 1. The summed E-state index contributed by atoms with van der Waals surface area (Å²) in [6.45, 7) is 2.48. The maximum absolute atomic E-state index is 11.9. The van der Waals surface area contributed by atoms with E-state index in [1.54, 1.807) is 6.07 Å². The van der Waals surface area contributed by atoms with Gasteiger partial charge in [0, 0.05) is 12.6 Å². The third-order valence-corrected chi connectivity index (χ3v) is 4.07. The molecule has 1 aromatic carbocycles. The van der Waals surface area contributed by atoms with Crippen molar-refractivity contribution in [2.45, 2.75) is 18.7 Å². The summed E-state index contributed by atoms with van der Waals surface area (Å²) in [4.78, 5) is 27.8. The van der Waals surface area contributed by atoms with Gasteiger partial charge in [0.2, 0.25) is 5.91 Å². The lowest BCUT2D eigenvalue weighted by Gasteiger charge is -2.06. The fourth-order valence-corrected chi connectivity index (χ4v) is 2.77. The first kappa shape index (κ1) is 16.3. The Bertz CT molecular complexity index is 886. The van der Waals surface area contributed by atoms with E-state index in [1.807, 2.05) is 31.2 Å². The van der Waals surface area contributed by atoms with Crippen molar-refractivity contribution in [1.29, 1.82) is 0 Å². The fraction of sp³-hybridized carbons (Fsp3) is 0.250. The Morgan fingerprint density at radius 3 is 2.96 bits per heavy atom. The largest absolute Gasteiger partial charge is 0.431 e. The molecule has 2 aromatic heterocycles. The molecule has 7 nitrogen and oxygen atoms in total. The number of nitrogens with one attached hydrogen (secondary N) is 1. The van der Waals surface area contributed by atoms with Crippen molar-refractivity contribution >= 4 is 28.8 Å². The SMILES string of the molecule is Cc1ccc(=O)n(CCNC(=O)CSc2nc3ccccc3o2)n1. The molecular weight excluding hydrogens is 328 g/mol. The Morgan fingerprint density at radius 2 is 2.12 bits per heavy atom. The van der Waals surface area contributed by atoms with Crippen molar-refractivity contribution in [2.24, 2.45) is 0 Å². The summed E-state index contributed by atoms with van der Waals surface area (Å²) in [7, 11) is 0. The van der Waals surface area contributed by atoms with Crippen LogP contribution in [-0.4, -0.2) is 33.0 Å². The lowest BCUT2D eigenvalue weighted by molar-refractivity contribution is -0.118. The number of thioether (sulfide) groups is 1. The van der Waals surface area contributed by atoms with Gasteiger partial charge in [-0.05, 0) is 25.1 Å². The van der Waals surface area contributed by atoms with Crippen LogP contribution in [0.1, 0.15) is 5.69 Å². The quantitative estimate of drug-likeness (QED) is 0.683. The molecule has 0 radical (unpaired) electrons. The van der Waals surface area contributed by atoms with E-state index in [0.717, 1.165) is 11.2 Å². The van der Waals surface area contributed by atoms with E-state index < -0.39 is 0 Å². The fourth-order valence-electron chi connectivity index (χ4n) is 2.10. The van der Waals surface area contributed by atoms with Crippen LogP contribution in [0, 0.1) is 6.92 Å². The maximum atomic E-state index is 11.9. The summed E-state index contributed by atoms with van der Waals surface area (Å²) in [5.41, 5.74) is 2.04. The average Bonchev–Trinajstić information content (AvgIpc) is 2.99. The van der Waals surface area contributed by atoms with Crippen LogP contribution >= 0.6 is 11.8 Å². The third kappa shape index (κ3) is 4.02. The Morgan fingerprint density at radius 1 is 1.29 bits per heavy atom. The van der Waals surface area contributed by atoms with Crippen LogP contribution in [0.2, 0.25) is 0 Å². The zero-order valence-electron chi connectivity index (χ0n) is 13.1. The van der Waals surface area contributed by atoms with Crippen LogP contribution in [0.25, 0.3) is 11.1 Å². The van der Waals surface area contributed by atoms with Crippen molar-refractivity contribution in [3.63, 3.8) is 0 Å². The molecule has 0 bridgehead atoms. The molecule has 2 heterocycles. The number of para-hydroxylation sites is 2. The monoisotopic (exact) mass is 344 g/mol. The van der Waals surface area contributed by atoms with Crippen LogP contribution in [0.3, 0.4) is 0 Å². The molecule has 3 aromatic rings. The molecule has 1 amide bonds. The highest BCUT2D eigenvalue weighted by Gasteiger charge is 2.09. The Hall–Kier alpha value is -2.61. The number of hydrogen-bond acceptors (Lipinski definition) is 6. The van der Waals surface area contributed by atoms with Gasteiger partial charge in [0.25, 0.3) is 10.8 Å². The highest BCUT2D eigenvalue weighted by Crippen LogP contribution is 2.22. The number of benzene rings is 1. The molecule has 0 fully saturated rings. The smallest absolute Gasteiger partial charge is 0.266 e. The molecule has 3 rings (SSSR count). The molecule has 8 heteroatoms. The van der Waals surface area contributed by atoms with Gasteiger partial charge in [-0.15, -0.1) is 0 Å². The summed E-state index contributed by atoms with van der Waals surface area (Å²) in [5, 5.41) is 7.32. The van der Waals surface area contributed by atoms with E-state index in [-0.39, 0.29) is 17.2 Å². The van der Waals surface area contributed by atoms with Gasteiger partial charge in [0.05, 0.1) is 18.0 Å². The van der Waals surface area contributed by atoms with E-state index in [0.29, 0.717) is 23.9 Å². The normalized spacial score (nSPS) is 10.9. The molecule has 24 heavy (non-hydrogen) atoms. The van der Waals surface area contributed by atoms with Gasteiger partial charge in [0.15, 0.2) is 5.58 Å². The van der Waals surface area contributed by atoms with Crippen LogP contribution in [0.5, 0.6) is 0 Å². The summed E-state index contributed by atoms with van der Waals surface area (Å²) in [5.74, 6) is 0.0473. The lowest BCUT2D eigenvalue weighted by atomic mass is 10.3. The molecule has 0 unspecified atom stereocenters. The standard InChI is InChI=1S/C16H16N4O3S/c1-11-6-7-15(22)20(19-11)9-8-17-14(21)10-24-16-18-12-4-2-3-5-13(12)23-16/h2-7H,8-10H2,1H3,(H,17,21). The highest BCUT2D eigenvalue weighted by molar-refractivity contribution is 7.99. The summed E-state index contributed by atoms with van der Waals surface area (Å²) in [6, 6.07) is 10.6. The molecule has 0 atom stereocenters. The van der Waals surface area contributed by atoms with Crippen molar-refractivity contribution < 1.29 is 9.21 Å². The Labute approximate surface area is 142 Å². The third-order valence-electron chi connectivity index (χ3n) is 3.25. The van der Waals surface area contributed by atoms with E-state index in [2.05, 4.69) is 15.4 Å². The maximum Gasteiger partial charge on any atom is 0.266 e. The van der Waals surface area contributed by atoms with Gasteiger partial charge in [-0.3, -0.25) is 9.59 Å². The first-order valence-electron chi connectivity index (χ1n) is 7.42. The predicted molar refractivity (Wildman–Crippen MR) is 91.0 cm³/mol. The zero-order chi connectivity index (χ0) is 16.9. The number of amides is 1. The number of aryl methyl sites for hydroxylation is 1. The van der Waals surface area contributed by atoms with Gasteiger partial charge in [0.1, 0.15) is 5.52 Å². The Kier molecular flexibility index (Phi) is 4.95. The molecule has 0 saturated heterocycles. The second-order valence-corrected chi connectivity index (χ2v) is 6.05. The van der Waals surface area contributed by atoms with Crippen molar-refractivity contribution in [3.8, 4) is 0 Å². The predicted octanol–water partition coefficient (Wildman–Crippen LogP) is 1.60. The number of carbonyl (C=O) groups excluding carboxylic acids is 1. The number of nitrogens with zero attached hydrogens (tertiary/aromatic N) is 3. The summed E-state index contributed by atoms with van der Waals surface area (Å²) in [6.07, 6.45) is 0. The minimum absolute atomic E-state index is 0.150. The van der Waals surface area contributed by atoms with Crippen molar-refractivity contribution in [2.75, 3.05) is 12.3 Å². The molecule has 0 saturated carbocycles. The van der Waals surface area contributed by atoms with E-state index >= 15 is 0 Å². The number of carbonyl (C=O) groups is 1. The van der Waals surface area contributed by atoms with Gasteiger partial charge in [-0.1, -0.05) is 23.9 Å². The Balaban J connectivity index is 1.47. The van der Waals surface area contributed by atoms with E-state index in [9.17, 15) is 9.59 Å². The average molecular weight is 344 g/mol. The second kappa shape index (κ2) is 7.31. The van der Waals surface area contributed by atoms with Crippen molar-refractivity contribution in [3.05, 3.63) is 52.4 Å². The second-order valence-electron chi connectivity index (χ2n) is 5.12. The van der Waals surface area contributed by atoms with E-state index in [4.69, 9.17) is 4.42 Å². The zero-order valence-corrected chi connectivity index (χ0v) is 13.9. The topological polar surface area (TPSA) is 90.0 Å². The molecule has 0 aliphatic heterocycles. The molecule has 124 valence electrons. The van der Waals surface area contributed by atoms with E-state index in [1.165, 1.54) is 22.5 Å². The summed E-state index contributed by atoms with van der Waals surface area (Å²) < 4.78 is 6.87. The van der Waals surface area contributed by atoms with Gasteiger partial charge < -0.3 is 9.73 Å². The highest BCUT2D eigenvalue weighted by atomic mass is 32.2. The number of hydrogen-bond donors (Lipinski definition) is 1. The van der Waals surface area contributed by atoms with Crippen LogP contribution in [0.4, 0.5) is 0 Å². The molecule has 0 aliphatic carbocycles. The van der Waals surface area contributed by atoms with Crippen LogP contribution in [0.15, 0.2) is 50.8 Å². The molecular formula is C16H16N4O3S. The van der Waals surface area contributed by atoms with Gasteiger partial charge >= 0.3 is 0 Å².